The summed E-state index contributed by atoms with van der Waals surface area (Å²) in [6.45, 7) is 3.78. The minimum atomic E-state index is -1.46. The van der Waals surface area contributed by atoms with Crippen molar-refractivity contribution < 1.29 is 14.3 Å². The summed E-state index contributed by atoms with van der Waals surface area (Å²) in [7, 11) is 1.30. The largest absolute Gasteiger partial charge is 0.468 e. The number of carbonyl (C=O) groups excluding carboxylic acids is 2. The lowest BCUT2D eigenvalue weighted by Gasteiger charge is -2.45. The third kappa shape index (κ3) is 3.04. The molecule has 0 aromatic heterocycles. The van der Waals surface area contributed by atoms with E-state index in [-0.39, 0.29) is 12.2 Å². The molecule has 0 radical (unpaired) electrons. The molecular formula is C23H23NO3. The van der Waals surface area contributed by atoms with E-state index in [2.05, 4.69) is 6.07 Å². The van der Waals surface area contributed by atoms with Crippen molar-refractivity contribution >= 4 is 11.8 Å². The van der Waals surface area contributed by atoms with E-state index in [0.29, 0.717) is 0 Å². The number of ketones is 1. The van der Waals surface area contributed by atoms with Crippen LogP contribution in [-0.2, 0) is 14.3 Å². The molecule has 1 aliphatic rings. The third-order valence-electron chi connectivity index (χ3n) is 5.80. The fraction of sp³-hybridized carbons (Fsp3) is 0.348. The van der Waals surface area contributed by atoms with E-state index in [0.717, 1.165) is 16.7 Å². The van der Waals surface area contributed by atoms with Crippen LogP contribution in [0.1, 0.15) is 41.9 Å². The van der Waals surface area contributed by atoms with Gasteiger partial charge in [0.15, 0.2) is 5.41 Å². The van der Waals surface area contributed by atoms with Gasteiger partial charge in [-0.3, -0.25) is 9.59 Å². The van der Waals surface area contributed by atoms with Crippen LogP contribution in [0.5, 0.6) is 0 Å². The average molecular weight is 361 g/mol. The summed E-state index contributed by atoms with van der Waals surface area (Å²) in [6.07, 6.45) is 0.149. The number of aryl methyl sites for hydroxylation is 1. The molecule has 1 aliphatic carbocycles. The molecule has 0 spiro atoms. The minimum absolute atomic E-state index is 0.0595. The quantitative estimate of drug-likeness (QED) is 0.770. The van der Waals surface area contributed by atoms with Gasteiger partial charge in [0.1, 0.15) is 5.78 Å². The number of hydrogen-bond acceptors (Lipinski definition) is 4. The van der Waals surface area contributed by atoms with E-state index in [1.807, 2.05) is 61.5 Å². The SMILES string of the molecule is COC(=O)C1(C#N)C(c2ccc(C)cc2)CC(=O)C(C)C1c1ccccc1. The monoisotopic (exact) mass is 361 g/mol. The first-order valence-corrected chi connectivity index (χ1v) is 9.09. The first kappa shape index (κ1) is 18.8. The van der Waals surface area contributed by atoms with E-state index >= 15 is 0 Å². The molecular weight excluding hydrogens is 338 g/mol. The molecule has 4 atom stereocenters. The second-order valence-corrected chi connectivity index (χ2v) is 7.28. The van der Waals surface area contributed by atoms with Crippen LogP contribution in [0.15, 0.2) is 54.6 Å². The number of nitriles is 1. The number of nitrogens with zero attached hydrogens (tertiary/aromatic N) is 1. The maximum Gasteiger partial charge on any atom is 0.327 e. The van der Waals surface area contributed by atoms with Crippen molar-refractivity contribution in [2.75, 3.05) is 7.11 Å². The number of carbonyl (C=O) groups is 2. The van der Waals surface area contributed by atoms with Gasteiger partial charge in [-0.15, -0.1) is 0 Å². The summed E-state index contributed by atoms with van der Waals surface area (Å²) >= 11 is 0. The van der Waals surface area contributed by atoms with Gasteiger partial charge >= 0.3 is 5.97 Å². The maximum atomic E-state index is 13.1. The van der Waals surface area contributed by atoms with Crippen molar-refractivity contribution in [3.63, 3.8) is 0 Å². The average Bonchev–Trinajstić information content (AvgIpc) is 2.70. The van der Waals surface area contributed by atoms with Crippen molar-refractivity contribution in [2.24, 2.45) is 11.3 Å². The van der Waals surface area contributed by atoms with Gasteiger partial charge in [0, 0.05) is 24.2 Å². The molecule has 0 amide bonds. The van der Waals surface area contributed by atoms with E-state index in [1.54, 1.807) is 6.92 Å². The zero-order chi connectivity index (χ0) is 19.6. The molecule has 2 aromatic rings. The Morgan fingerprint density at radius 3 is 2.30 bits per heavy atom. The van der Waals surface area contributed by atoms with Crippen LogP contribution in [0.4, 0.5) is 0 Å². The molecule has 1 saturated carbocycles. The highest BCUT2D eigenvalue weighted by Gasteiger charge is 2.60. The Bertz CT molecular complexity index is 882. The first-order valence-electron chi connectivity index (χ1n) is 9.09. The number of Topliss-reactive ketones (excluding diaryl/α,β-unsaturated/α-hetero) is 1. The summed E-state index contributed by atoms with van der Waals surface area (Å²) in [5.41, 5.74) is 1.24. The van der Waals surface area contributed by atoms with E-state index in [4.69, 9.17) is 4.74 Å². The fourth-order valence-electron chi connectivity index (χ4n) is 4.37. The second-order valence-electron chi connectivity index (χ2n) is 7.28. The zero-order valence-corrected chi connectivity index (χ0v) is 15.8. The molecule has 4 nitrogen and oxygen atoms in total. The van der Waals surface area contributed by atoms with Gasteiger partial charge in [-0.2, -0.15) is 5.26 Å². The van der Waals surface area contributed by atoms with Crippen LogP contribution in [0, 0.1) is 29.6 Å². The zero-order valence-electron chi connectivity index (χ0n) is 15.8. The lowest BCUT2D eigenvalue weighted by Crippen LogP contribution is -2.50. The number of rotatable bonds is 3. The predicted molar refractivity (Wildman–Crippen MR) is 102 cm³/mol. The summed E-state index contributed by atoms with van der Waals surface area (Å²) < 4.78 is 5.12. The van der Waals surface area contributed by atoms with Crippen LogP contribution in [0.25, 0.3) is 0 Å². The Morgan fingerprint density at radius 1 is 1.11 bits per heavy atom. The lowest BCUT2D eigenvalue weighted by atomic mass is 9.53. The van der Waals surface area contributed by atoms with Crippen molar-refractivity contribution in [2.45, 2.75) is 32.1 Å². The normalized spacial score (nSPS) is 27.6. The molecule has 3 rings (SSSR count). The Morgan fingerprint density at radius 2 is 1.74 bits per heavy atom. The Hall–Kier alpha value is -2.93. The molecule has 4 unspecified atom stereocenters. The van der Waals surface area contributed by atoms with E-state index < -0.39 is 29.1 Å². The number of methoxy groups -OCH3 is 1. The van der Waals surface area contributed by atoms with Crippen LogP contribution >= 0.6 is 0 Å². The summed E-state index contributed by atoms with van der Waals surface area (Å²) in [5.74, 6) is -2.09. The Labute approximate surface area is 159 Å². The molecule has 2 aromatic carbocycles. The van der Waals surface area contributed by atoms with Crippen LogP contribution in [-0.4, -0.2) is 18.9 Å². The first-order chi connectivity index (χ1) is 13.0. The summed E-state index contributed by atoms with van der Waals surface area (Å²) in [4.78, 5) is 25.9. The number of hydrogen-bond donors (Lipinski definition) is 0. The molecule has 1 fully saturated rings. The topological polar surface area (TPSA) is 67.2 Å². The van der Waals surface area contributed by atoms with Crippen LogP contribution in [0.2, 0.25) is 0 Å². The van der Waals surface area contributed by atoms with Crippen molar-refractivity contribution in [1.82, 2.24) is 0 Å². The predicted octanol–water partition coefficient (Wildman–Crippen LogP) is 4.15. The van der Waals surface area contributed by atoms with Crippen molar-refractivity contribution in [1.29, 1.82) is 5.26 Å². The van der Waals surface area contributed by atoms with E-state index in [9.17, 15) is 14.9 Å². The number of ether oxygens (including phenoxy) is 1. The molecule has 4 heteroatoms. The standard InChI is InChI=1S/C23H23NO3/c1-15-9-11-17(12-10-15)19-13-20(25)16(2)21(18-7-5-4-6-8-18)23(19,14-24)22(26)27-3/h4-12,16,19,21H,13H2,1-3H3. The molecule has 138 valence electrons. The highest BCUT2D eigenvalue weighted by atomic mass is 16.5. The molecule has 0 bridgehead atoms. The van der Waals surface area contributed by atoms with Crippen molar-refractivity contribution in [3.05, 3.63) is 71.3 Å². The maximum absolute atomic E-state index is 13.1. The van der Waals surface area contributed by atoms with Gasteiger partial charge < -0.3 is 4.74 Å². The smallest absolute Gasteiger partial charge is 0.327 e. The summed E-state index contributed by atoms with van der Waals surface area (Å²) in [6, 6.07) is 19.3. The minimum Gasteiger partial charge on any atom is -0.468 e. The molecule has 0 aliphatic heterocycles. The van der Waals surface area contributed by atoms with Crippen molar-refractivity contribution in [3.8, 4) is 6.07 Å². The van der Waals surface area contributed by atoms with Gasteiger partial charge in [0.05, 0.1) is 13.2 Å². The lowest BCUT2D eigenvalue weighted by molar-refractivity contribution is -0.156. The highest BCUT2D eigenvalue weighted by molar-refractivity contribution is 5.92. The number of esters is 1. The highest BCUT2D eigenvalue weighted by Crippen LogP contribution is 2.56. The Kier molecular flexibility index (Phi) is 5.14. The van der Waals surface area contributed by atoms with Gasteiger partial charge in [-0.25, -0.2) is 0 Å². The van der Waals surface area contributed by atoms with Crippen LogP contribution < -0.4 is 0 Å². The molecule has 0 heterocycles. The number of benzene rings is 2. The summed E-state index contributed by atoms with van der Waals surface area (Å²) in [5, 5.41) is 10.3. The van der Waals surface area contributed by atoms with Crippen LogP contribution in [0.3, 0.4) is 0 Å². The van der Waals surface area contributed by atoms with Gasteiger partial charge in [0.2, 0.25) is 0 Å². The fourth-order valence-corrected chi connectivity index (χ4v) is 4.37. The molecule has 27 heavy (non-hydrogen) atoms. The van der Waals surface area contributed by atoms with Gasteiger partial charge in [-0.05, 0) is 18.1 Å². The molecule has 0 N–H and O–H groups in total. The molecule has 0 saturated heterocycles. The van der Waals surface area contributed by atoms with Gasteiger partial charge in [0.25, 0.3) is 0 Å². The van der Waals surface area contributed by atoms with E-state index in [1.165, 1.54) is 7.11 Å². The Balaban J connectivity index is 2.26. The third-order valence-corrected chi connectivity index (χ3v) is 5.80. The van der Waals surface area contributed by atoms with Gasteiger partial charge in [-0.1, -0.05) is 67.1 Å². The second kappa shape index (κ2) is 7.36.